The fraction of sp³-hybridized carbons (Fsp3) is 0.607. The monoisotopic (exact) mass is 550 g/mol. The molecular formula is C28H38N8O4. The van der Waals surface area contributed by atoms with Crippen molar-refractivity contribution in [1.82, 2.24) is 24.7 Å². The number of hydrogen-bond acceptors (Lipinski definition) is 10. The largest absolute Gasteiger partial charge is 0.449 e. The molecular weight excluding hydrogens is 512 g/mol. The van der Waals surface area contributed by atoms with Gasteiger partial charge in [-0.1, -0.05) is 6.07 Å². The summed E-state index contributed by atoms with van der Waals surface area (Å²) in [5, 5.41) is 8.93. The topological polar surface area (TPSA) is 108 Å². The van der Waals surface area contributed by atoms with E-state index in [0.717, 1.165) is 88.1 Å². The van der Waals surface area contributed by atoms with Crippen molar-refractivity contribution in [2.45, 2.75) is 45.6 Å². The van der Waals surface area contributed by atoms with Crippen molar-refractivity contribution >= 4 is 17.7 Å². The molecule has 0 unspecified atom stereocenters. The van der Waals surface area contributed by atoms with Crippen LogP contribution in [-0.4, -0.2) is 102 Å². The van der Waals surface area contributed by atoms with Crippen LogP contribution in [0.2, 0.25) is 0 Å². The van der Waals surface area contributed by atoms with Crippen LogP contribution in [0.5, 0.6) is 11.5 Å². The summed E-state index contributed by atoms with van der Waals surface area (Å²) in [6.07, 6.45) is 2.22. The maximum atomic E-state index is 12.8. The molecule has 3 saturated heterocycles. The molecule has 0 aliphatic carbocycles. The molecule has 4 aliphatic rings. The van der Waals surface area contributed by atoms with Gasteiger partial charge in [0.1, 0.15) is 11.6 Å². The highest BCUT2D eigenvalue weighted by molar-refractivity contribution is 5.74. The van der Waals surface area contributed by atoms with Crippen molar-refractivity contribution in [3.8, 4) is 11.5 Å². The number of benzene rings is 1. The highest BCUT2D eigenvalue weighted by Gasteiger charge is 2.31. The van der Waals surface area contributed by atoms with Gasteiger partial charge < -0.3 is 28.9 Å². The Bertz CT molecular complexity index is 1230. The Morgan fingerprint density at radius 1 is 0.900 bits per heavy atom. The molecule has 0 N–H and O–H groups in total. The number of amides is 2. The van der Waals surface area contributed by atoms with Crippen molar-refractivity contribution < 1.29 is 19.0 Å². The van der Waals surface area contributed by atoms with Gasteiger partial charge in [-0.3, -0.25) is 4.90 Å². The second kappa shape index (κ2) is 11.5. The summed E-state index contributed by atoms with van der Waals surface area (Å²) in [5.41, 5.74) is 0.979. The number of hydrogen-bond donors (Lipinski definition) is 0. The fourth-order valence-electron chi connectivity index (χ4n) is 5.51. The zero-order chi connectivity index (χ0) is 27.5. The first kappa shape index (κ1) is 26.7. The highest BCUT2D eigenvalue weighted by atomic mass is 16.7. The lowest BCUT2D eigenvalue weighted by Crippen LogP contribution is -2.52. The molecule has 2 aromatic rings. The summed E-state index contributed by atoms with van der Waals surface area (Å²) in [6.45, 7) is 12.5. The van der Waals surface area contributed by atoms with Gasteiger partial charge in [0.05, 0.1) is 26.3 Å². The standard InChI is InChI=1S/C28H38N8O4/c1-28(2)39-22-6-5-21(17-23(22)40-28)19-29-32-24-18-26(34-13-15-38-16-14-34)31-25(30-24)20-33-9-11-36(12-10-33)27(37)35-7-3-4-8-35/h5-6,17-18H,3-4,7-16,19-20H2,1-2H3. The lowest BCUT2D eigenvalue weighted by molar-refractivity contribution is -0.0431. The van der Waals surface area contributed by atoms with E-state index in [-0.39, 0.29) is 6.03 Å². The van der Waals surface area contributed by atoms with E-state index in [2.05, 4.69) is 20.0 Å². The minimum atomic E-state index is -0.661. The number of urea groups is 1. The number of carbonyl (C=O) groups excluding carboxylic acids is 1. The third-order valence-electron chi connectivity index (χ3n) is 7.61. The first-order valence-corrected chi connectivity index (χ1v) is 14.3. The second-order valence-corrected chi connectivity index (χ2v) is 11.1. The molecule has 0 spiro atoms. The van der Waals surface area contributed by atoms with Gasteiger partial charge in [-0.05, 0) is 30.5 Å². The van der Waals surface area contributed by atoms with Crippen LogP contribution in [0.3, 0.4) is 0 Å². The van der Waals surface area contributed by atoms with Crippen molar-refractivity contribution in [3.05, 3.63) is 35.7 Å². The number of fused-ring (bicyclic) bond motifs is 1. The van der Waals surface area contributed by atoms with Crippen molar-refractivity contribution in [1.29, 1.82) is 0 Å². The third-order valence-corrected chi connectivity index (χ3v) is 7.61. The first-order valence-electron chi connectivity index (χ1n) is 14.3. The zero-order valence-electron chi connectivity index (χ0n) is 23.4. The molecule has 40 heavy (non-hydrogen) atoms. The lowest BCUT2D eigenvalue weighted by atomic mass is 10.2. The molecule has 0 saturated carbocycles. The molecule has 0 bridgehead atoms. The van der Waals surface area contributed by atoms with Gasteiger partial charge in [-0.25, -0.2) is 14.8 Å². The molecule has 2 amide bonds. The van der Waals surface area contributed by atoms with Gasteiger partial charge in [0.25, 0.3) is 0 Å². The molecule has 12 nitrogen and oxygen atoms in total. The number of morpholine rings is 1. The molecule has 1 aromatic heterocycles. The Hall–Kier alpha value is -3.51. The van der Waals surface area contributed by atoms with E-state index in [1.165, 1.54) is 0 Å². The maximum absolute atomic E-state index is 12.8. The van der Waals surface area contributed by atoms with Crippen LogP contribution >= 0.6 is 0 Å². The van der Waals surface area contributed by atoms with Gasteiger partial charge in [0, 0.05) is 72.3 Å². The molecule has 6 rings (SSSR count). The molecule has 5 heterocycles. The Morgan fingerprint density at radius 2 is 1.62 bits per heavy atom. The van der Waals surface area contributed by atoms with Crippen LogP contribution in [0.1, 0.15) is 38.1 Å². The van der Waals surface area contributed by atoms with Crippen molar-refractivity contribution in [2.75, 3.05) is 70.5 Å². The summed E-state index contributed by atoms with van der Waals surface area (Å²) in [7, 11) is 0. The number of likely N-dealkylation sites (tertiary alicyclic amines) is 1. The average Bonchev–Trinajstić information content (AvgIpc) is 3.60. The average molecular weight is 551 g/mol. The number of ether oxygens (including phenoxy) is 3. The van der Waals surface area contributed by atoms with Gasteiger partial charge in [-0.2, -0.15) is 5.11 Å². The number of nitrogens with zero attached hydrogens (tertiary/aromatic N) is 8. The zero-order valence-corrected chi connectivity index (χ0v) is 23.4. The van der Waals surface area contributed by atoms with Gasteiger partial charge in [-0.15, -0.1) is 5.11 Å². The van der Waals surface area contributed by atoms with Gasteiger partial charge >= 0.3 is 6.03 Å². The lowest BCUT2D eigenvalue weighted by Gasteiger charge is -2.36. The number of azo groups is 1. The Balaban J connectivity index is 1.12. The Labute approximate surface area is 234 Å². The number of anilines is 1. The van der Waals surface area contributed by atoms with E-state index < -0.39 is 5.79 Å². The molecule has 1 aromatic carbocycles. The predicted molar refractivity (Wildman–Crippen MR) is 148 cm³/mol. The van der Waals surface area contributed by atoms with Crippen LogP contribution in [0.25, 0.3) is 0 Å². The van der Waals surface area contributed by atoms with Crippen LogP contribution in [0, 0.1) is 0 Å². The minimum absolute atomic E-state index is 0.177. The molecule has 0 radical (unpaired) electrons. The van der Waals surface area contributed by atoms with E-state index >= 15 is 0 Å². The summed E-state index contributed by atoms with van der Waals surface area (Å²) in [6, 6.07) is 7.90. The minimum Gasteiger partial charge on any atom is -0.449 e. The van der Waals surface area contributed by atoms with Crippen molar-refractivity contribution in [3.63, 3.8) is 0 Å². The van der Waals surface area contributed by atoms with E-state index in [9.17, 15) is 4.79 Å². The van der Waals surface area contributed by atoms with E-state index in [4.69, 9.17) is 24.2 Å². The van der Waals surface area contributed by atoms with Gasteiger partial charge in [0.2, 0.25) is 5.79 Å². The van der Waals surface area contributed by atoms with Crippen LogP contribution in [-0.2, 0) is 17.8 Å². The van der Waals surface area contributed by atoms with Crippen LogP contribution in [0.15, 0.2) is 34.5 Å². The maximum Gasteiger partial charge on any atom is 0.320 e. The Morgan fingerprint density at radius 3 is 2.40 bits per heavy atom. The molecule has 214 valence electrons. The third kappa shape index (κ3) is 6.28. The quantitative estimate of drug-likeness (QED) is 0.504. The van der Waals surface area contributed by atoms with Crippen LogP contribution < -0.4 is 14.4 Å². The smallest absolute Gasteiger partial charge is 0.320 e. The van der Waals surface area contributed by atoms with E-state index in [0.29, 0.717) is 37.9 Å². The predicted octanol–water partition coefficient (Wildman–Crippen LogP) is 3.44. The first-order chi connectivity index (χ1) is 19.4. The summed E-state index contributed by atoms with van der Waals surface area (Å²) < 4.78 is 17.2. The number of carbonyl (C=O) groups is 1. The summed E-state index contributed by atoms with van der Waals surface area (Å²) in [4.78, 5) is 30.9. The SMILES string of the molecule is CC1(C)Oc2ccc(CN=Nc3cc(N4CCOCC4)nc(CN4CCN(C(=O)N5CCCC5)CC4)n3)cc2O1. The molecule has 12 heteroatoms. The molecule has 4 aliphatic heterocycles. The second-order valence-electron chi connectivity index (χ2n) is 11.1. The van der Waals surface area contributed by atoms with E-state index in [1.54, 1.807) is 0 Å². The molecule has 0 atom stereocenters. The van der Waals surface area contributed by atoms with Crippen molar-refractivity contribution in [2.24, 2.45) is 10.2 Å². The molecule has 3 fully saturated rings. The van der Waals surface area contributed by atoms with Gasteiger partial charge in [0.15, 0.2) is 17.3 Å². The number of piperazine rings is 1. The van der Waals surface area contributed by atoms with E-state index in [1.807, 2.05) is 47.9 Å². The summed E-state index contributed by atoms with van der Waals surface area (Å²) in [5.74, 6) is 2.89. The Kier molecular flexibility index (Phi) is 7.70. The normalized spacial score (nSPS) is 21.0. The fourth-order valence-corrected chi connectivity index (χ4v) is 5.51. The van der Waals surface area contributed by atoms with Crippen LogP contribution in [0.4, 0.5) is 16.4 Å². The highest BCUT2D eigenvalue weighted by Crippen LogP contribution is 2.39. The number of aromatic nitrogens is 2. The number of rotatable bonds is 6. The summed E-state index contributed by atoms with van der Waals surface area (Å²) >= 11 is 0.